The fourth-order valence-electron chi connectivity index (χ4n) is 1.60. The van der Waals surface area contributed by atoms with Crippen molar-refractivity contribution in [3.05, 3.63) is 59.9 Å². The fraction of sp³-hybridized carbons (Fsp3) is 0.0714. The second-order valence-corrected chi connectivity index (χ2v) is 4.38. The normalized spacial score (nSPS) is 9.95. The SMILES string of the molecule is NC(=S)Nc1cccc(OCc2cccc(F)c2)c1. The van der Waals surface area contributed by atoms with Crippen molar-refractivity contribution in [1.29, 1.82) is 0 Å². The van der Waals surface area contributed by atoms with Crippen LogP contribution in [0.25, 0.3) is 0 Å². The summed E-state index contributed by atoms with van der Waals surface area (Å²) in [6.07, 6.45) is 0. The number of anilines is 1. The Kier molecular flexibility index (Phi) is 4.30. The molecule has 0 unspecified atom stereocenters. The molecule has 19 heavy (non-hydrogen) atoms. The Morgan fingerprint density at radius 3 is 2.74 bits per heavy atom. The molecule has 0 aromatic heterocycles. The molecule has 3 N–H and O–H groups in total. The highest BCUT2D eigenvalue weighted by Crippen LogP contribution is 2.18. The molecule has 0 saturated heterocycles. The van der Waals surface area contributed by atoms with Crippen molar-refractivity contribution in [2.45, 2.75) is 6.61 Å². The Bertz CT molecular complexity index is 589. The van der Waals surface area contributed by atoms with Crippen molar-refractivity contribution in [2.75, 3.05) is 5.32 Å². The third-order valence-electron chi connectivity index (χ3n) is 2.40. The Morgan fingerprint density at radius 2 is 2.00 bits per heavy atom. The summed E-state index contributed by atoms with van der Waals surface area (Å²) in [6, 6.07) is 13.5. The highest BCUT2D eigenvalue weighted by molar-refractivity contribution is 7.80. The van der Waals surface area contributed by atoms with Gasteiger partial charge in [-0.3, -0.25) is 0 Å². The van der Waals surface area contributed by atoms with Gasteiger partial charge in [-0.05, 0) is 42.0 Å². The van der Waals surface area contributed by atoms with Crippen LogP contribution in [0.5, 0.6) is 5.75 Å². The van der Waals surface area contributed by atoms with Gasteiger partial charge in [0.25, 0.3) is 0 Å². The van der Waals surface area contributed by atoms with Gasteiger partial charge in [-0.15, -0.1) is 0 Å². The first-order valence-corrected chi connectivity index (χ1v) is 6.08. The average molecular weight is 276 g/mol. The van der Waals surface area contributed by atoms with E-state index in [1.807, 2.05) is 18.2 Å². The van der Waals surface area contributed by atoms with Crippen molar-refractivity contribution in [2.24, 2.45) is 5.73 Å². The van der Waals surface area contributed by atoms with Crippen LogP contribution in [-0.2, 0) is 6.61 Å². The lowest BCUT2D eigenvalue weighted by Crippen LogP contribution is -2.18. The molecule has 5 heteroatoms. The zero-order chi connectivity index (χ0) is 13.7. The molecule has 0 heterocycles. The minimum atomic E-state index is -0.273. The van der Waals surface area contributed by atoms with Gasteiger partial charge in [0.05, 0.1) is 0 Å². The van der Waals surface area contributed by atoms with Crippen LogP contribution in [0.4, 0.5) is 10.1 Å². The number of nitrogens with two attached hydrogens (primary N) is 1. The molecule has 0 bridgehead atoms. The van der Waals surface area contributed by atoms with Crippen LogP contribution in [0.1, 0.15) is 5.56 Å². The van der Waals surface area contributed by atoms with Crippen molar-refractivity contribution in [3.8, 4) is 5.75 Å². The van der Waals surface area contributed by atoms with Crippen LogP contribution in [0.2, 0.25) is 0 Å². The molecule has 0 atom stereocenters. The number of thiocarbonyl (C=S) groups is 1. The van der Waals surface area contributed by atoms with Gasteiger partial charge in [-0.1, -0.05) is 18.2 Å². The number of halogens is 1. The van der Waals surface area contributed by atoms with Crippen LogP contribution < -0.4 is 15.8 Å². The van der Waals surface area contributed by atoms with Gasteiger partial charge in [0.2, 0.25) is 0 Å². The summed E-state index contributed by atoms with van der Waals surface area (Å²) in [5, 5.41) is 3.02. The summed E-state index contributed by atoms with van der Waals surface area (Å²) in [4.78, 5) is 0. The predicted molar refractivity (Wildman–Crippen MR) is 77.6 cm³/mol. The predicted octanol–water partition coefficient (Wildman–Crippen LogP) is 3.06. The van der Waals surface area contributed by atoms with Gasteiger partial charge in [-0.25, -0.2) is 4.39 Å². The van der Waals surface area contributed by atoms with Crippen LogP contribution in [0.3, 0.4) is 0 Å². The lowest BCUT2D eigenvalue weighted by molar-refractivity contribution is 0.306. The maximum atomic E-state index is 13.0. The second-order valence-electron chi connectivity index (χ2n) is 3.94. The van der Waals surface area contributed by atoms with Gasteiger partial charge in [0.15, 0.2) is 5.11 Å². The van der Waals surface area contributed by atoms with E-state index in [1.165, 1.54) is 12.1 Å². The molecule has 0 aliphatic rings. The van der Waals surface area contributed by atoms with Crippen LogP contribution >= 0.6 is 12.2 Å². The topological polar surface area (TPSA) is 47.3 Å². The van der Waals surface area contributed by atoms with Crippen molar-refractivity contribution in [1.82, 2.24) is 0 Å². The van der Waals surface area contributed by atoms with E-state index in [0.717, 1.165) is 11.3 Å². The largest absolute Gasteiger partial charge is 0.489 e. The first-order valence-electron chi connectivity index (χ1n) is 5.67. The first-order chi connectivity index (χ1) is 9.13. The molecule has 0 aliphatic carbocycles. The Hall–Kier alpha value is -2.14. The molecule has 0 saturated carbocycles. The fourth-order valence-corrected chi connectivity index (χ4v) is 1.72. The molecule has 2 rings (SSSR count). The first kappa shape index (κ1) is 13.3. The maximum absolute atomic E-state index is 13.0. The van der Waals surface area contributed by atoms with E-state index < -0.39 is 0 Å². The number of ether oxygens (including phenoxy) is 1. The lowest BCUT2D eigenvalue weighted by Gasteiger charge is -2.09. The minimum Gasteiger partial charge on any atom is -0.489 e. The smallest absolute Gasteiger partial charge is 0.168 e. The Balaban J connectivity index is 2.01. The Labute approximate surface area is 116 Å². The molecule has 0 radical (unpaired) electrons. The van der Waals surface area contributed by atoms with E-state index in [4.69, 9.17) is 22.7 Å². The van der Waals surface area contributed by atoms with Crippen molar-refractivity contribution >= 4 is 23.0 Å². The quantitative estimate of drug-likeness (QED) is 0.843. The molecule has 0 fully saturated rings. The third-order valence-corrected chi connectivity index (χ3v) is 2.50. The zero-order valence-electron chi connectivity index (χ0n) is 10.1. The highest BCUT2D eigenvalue weighted by Gasteiger charge is 2.00. The summed E-state index contributed by atoms with van der Waals surface area (Å²) >= 11 is 4.76. The molecule has 98 valence electrons. The Morgan fingerprint density at radius 1 is 1.21 bits per heavy atom. The minimum absolute atomic E-state index is 0.197. The van der Waals surface area contributed by atoms with Crippen LogP contribution in [0, 0.1) is 5.82 Å². The number of rotatable bonds is 4. The number of hydrogen-bond donors (Lipinski definition) is 2. The maximum Gasteiger partial charge on any atom is 0.168 e. The van der Waals surface area contributed by atoms with Crippen LogP contribution in [-0.4, -0.2) is 5.11 Å². The molecule has 0 amide bonds. The average Bonchev–Trinajstić information content (AvgIpc) is 2.36. The van der Waals surface area contributed by atoms with E-state index in [-0.39, 0.29) is 10.9 Å². The summed E-state index contributed by atoms with van der Waals surface area (Å²) in [7, 11) is 0. The standard InChI is InChI=1S/C14H13FN2OS/c15-11-4-1-3-10(7-11)9-18-13-6-2-5-12(8-13)17-14(16)19/h1-8H,9H2,(H3,16,17,19). The number of nitrogens with one attached hydrogen (secondary N) is 1. The third kappa shape index (κ3) is 4.22. The summed E-state index contributed by atoms with van der Waals surface area (Å²) in [6.45, 7) is 0.300. The molecule has 0 spiro atoms. The van der Waals surface area contributed by atoms with E-state index in [9.17, 15) is 4.39 Å². The molecular formula is C14H13FN2OS. The van der Waals surface area contributed by atoms with Gasteiger partial charge >= 0.3 is 0 Å². The van der Waals surface area contributed by atoms with Gasteiger partial charge in [0.1, 0.15) is 18.2 Å². The van der Waals surface area contributed by atoms with E-state index in [2.05, 4.69) is 5.32 Å². The highest BCUT2D eigenvalue weighted by atomic mass is 32.1. The lowest BCUT2D eigenvalue weighted by atomic mass is 10.2. The van der Waals surface area contributed by atoms with E-state index >= 15 is 0 Å². The van der Waals surface area contributed by atoms with Crippen molar-refractivity contribution in [3.63, 3.8) is 0 Å². The summed E-state index contributed by atoms with van der Waals surface area (Å²) < 4.78 is 18.6. The monoisotopic (exact) mass is 276 g/mol. The van der Waals surface area contributed by atoms with Gasteiger partial charge < -0.3 is 15.8 Å². The second kappa shape index (κ2) is 6.15. The van der Waals surface area contributed by atoms with Gasteiger partial charge in [-0.2, -0.15) is 0 Å². The number of hydrogen-bond acceptors (Lipinski definition) is 2. The zero-order valence-corrected chi connectivity index (χ0v) is 10.9. The molecule has 2 aromatic carbocycles. The molecule has 3 nitrogen and oxygen atoms in total. The molecule has 2 aromatic rings. The molecular weight excluding hydrogens is 263 g/mol. The summed E-state index contributed by atoms with van der Waals surface area (Å²) in [5.74, 6) is 0.385. The van der Waals surface area contributed by atoms with E-state index in [1.54, 1.807) is 18.2 Å². The summed E-state index contributed by atoms with van der Waals surface area (Å²) in [5.41, 5.74) is 6.92. The molecule has 0 aliphatic heterocycles. The van der Waals surface area contributed by atoms with Gasteiger partial charge in [0, 0.05) is 11.8 Å². The van der Waals surface area contributed by atoms with Crippen molar-refractivity contribution < 1.29 is 9.13 Å². The number of benzene rings is 2. The van der Waals surface area contributed by atoms with Crippen LogP contribution in [0.15, 0.2) is 48.5 Å². The van der Waals surface area contributed by atoms with E-state index in [0.29, 0.717) is 12.4 Å².